The van der Waals surface area contributed by atoms with Gasteiger partial charge in [-0.1, -0.05) is 12.1 Å². The van der Waals surface area contributed by atoms with E-state index < -0.39 is 0 Å². The summed E-state index contributed by atoms with van der Waals surface area (Å²) in [4.78, 5) is 24.6. The zero-order valence-corrected chi connectivity index (χ0v) is 18.3. The first-order valence-corrected chi connectivity index (χ1v) is 11.2. The van der Waals surface area contributed by atoms with Gasteiger partial charge in [0.25, 0.3) is 5.91 Å². The van der Waals surface area contributed by atoms with Gasteiger partial charge in [-0.25, -0.2) is 9.97 Å². The third-order valence-electron chi connectivity index (χ3n) is 6.49. The predicted octanol–water partition coefficient (Wildman–Crippen LogP) is 4.82. The van der Waals surface area contributed by atoms with Gasteiger partial charge in [-0.2, -0.15) is 0 Å². The number of aromatic nitrogens is 3. The Morgan fingerprint density at radius 1 is 1.10 bits per heavy atom. The highest BCUT2D eigenvalue weighted by Gasteiger charge is 2.25. The molecule has 0 bridgehead atoms. The number of rotatable bonds is 6. The van der Waals surface area contributed by atoms with Crippen molar-refractivity contribution < 1.29 is 4.79 Å². The number of carbonyl (C=O) groups excluding carboxylic acids is 1. The van der Waals surface area contributed by atoms with E-state index >= 15 is 0 Å². The van der Waals surface area contributed by atoms with Gasteiger partial charge in [0.15, 0.2) is 0 Å². The maximum atomic E-state index is 13.2. The lowest BCUT2D eigenvalue weighted by atomic mass is 10.1. The molecule has 0 spiro atoms. The van der Waals surface area contributed by atoms with Gasteiger partial charge in [0.1, 0.15) is 5.69 Å². The molecule has 5 rings (SSSR count). The molecule has 0 atom stereocenters. The number of amides is 1. The molecule has 0 radical (unpaired) electrons. The Labute approximate surface area is 183 Å². The van der Waals surface area contributed by atoms with Crippen molar-refractivity contribution >= 4 is 17.5 Å². The van der Waals surface area contributed by atoms with E-state index in [1.54, 1.807) is 0 Å². The molecule has 1 saturated carbocycles. The third kappa shape index (κ3) is 4.20. The van der Waals surface area contributed by atoms with Crippen LogP contribution in [0.15, 0.2) is 42.9 Å². The molecule has 0 unspecified atom stereocenters. The summed E-state index contributed by atoms with van der Waals surface area (Å²) in [6, 6.07) is 7.97. The van der Waals surface area contributed by atoms with Crippen LogP contribution < -0.4 is 10.2 Å². The largest absolute Gasteiger partial charge is 0.343 e. The summed E-state index contributed by atoms with van der Waals surface area (Å²) in [6.07, 6.45) is 10.7. The van der Waals surface area contributed by atoms with Gasteiger partial charge >= 0.3 is 0 Å². The highest BCUT2D eigenvalue weighted by Crippen LogP contribution is 2.33. The SMILES string of the molecule is Cc1cccc(NC(=O)c2cc(-c3cnc(N4CCCC4)nc3)cn2CC2CC2)c1C. The van der Waals surface area contributed by atoms with E-state index in [1.165, 1.54) is 31.2 Å². The number of hydrogen-bond donors (Lipinski definition) is 1. The molecule has 6 heteroatoms. The summed E-state index contributed by atoms with van der Waals surface area (Å²) < 4.78 is 2.10. The molecule has 1 amide bonds. The number of aryl methyl sites for hydroxylation is 1. The van der Waals surface area contributed by atoms with Crippen molar-refractivity contribution in [2.45, 2.75) is 46.1 Å². The van der Waals surface area contributed by atoms with Crippen LogP contribution in [-0.2, 0) is 6.54 Å². The molecule has 6 nitrogen and oxygen atoms in total. The Hall–Kier alpha value is -3.15. The van der Waals surface area contributed by atoms with Crippen molar-refractivity contribution in [3.63, 3.8) is 0 Å². The van der Waals surface area contributed by atoms with Crippen LogP contribution in [0.5, 0.6) is 0 Å². The maximum Gasteiger partial charge on any atom is 0.272 e. The van der Waals surface area contributed by atoms with Crippen LogP contribution in [0.1, 0.15) is 47.3 Å². The van der Waals surface area contributed by atoms with Gasteiger partial charge in [0.05, 0.1) is 0 Å². The summed E-state index contributed by atoms with van der Waals surface area (Å²) in [6.45, 7) is 7.03. The molecular weight excluding hydrogens is 386 g/mol. The van der Waals surface area contributed by atoms with Gasteiger partial charge < -0.3 is 14.8 Å². The topological polar surface area (TPSA) is 63.1 Å². The molecule has 3 aromatic rings. The van der Waals surface area contributed by atoms with Crippen molar-refractivity contribution in [3.8, 4) is 11.1 Å². The van der Waals surface area contributed by atoms with E-state index in [-0.39, 0.29) is 5.91 Å². The highest BCUT2D eigenvalue weighted by atomic mass is 16.1. The zero-order chi connectivity index (χ0) is 21.4. The first-order chi connectivity index (χ1) is 15.1. The molecule has 2 fully saturated rings. The molecule has 31 heavy (non-hydrogen) atoms. The Morgan fingerprint density at radius 3 is 2.55 bits per heavy atom. The molecule has 1 aliphatic carbocycles. The monoisotopic (exact) mass is 415 g/mol. The van der Waals surface area contributed by atoms with Crippen LogP contribution in [-0.4, -0.2) is 33.5 Å². The molecule has 1 saturated heterocycles. The van der Waals surface area contributed by atoms with E-state index in [0.717, 1.165) is 48.0 Å². The van der Waals surface area contributed by atoms with E-state index in [0.29, 0.717) is 11.6 Å². The molecule has 2 aliphatic rings. The summed E-state index contributed by atoms with van der Waals surface area (Å²) in [7, 11) is 0. The van der Waals surface area contributed by atoms with Crippen LogP contribution in [0.3, 0.4) is 0 Å². The standard InChI is InChI=1S/C25H29N5O/c1-17-6-5-7-22(18(17)2)28-24(31)23-12-20(16-30(23)15-19-8-9-19)21-13-26-25(27-14-21)29-10-3-4-11-29/h5-7,12-14,16,19H,3-4,8-11,15H2,1-2H3,(H,28,31). The minimum absolute atomic E-state index is 0.0739. The fourth-order valence-corrected chi connectivity index (χ4v) is 4.21. The molecule has 1 N–H and O–H groups in total. The predicted molar refractivity (Wildman–Crippen MR) is 123 cm³/mol. The maximum absolute atomic E-state index is 13.2. The minimum Gasteiger partial charge on any atom is -0.343 e. The lowest BCUT2D eigenvalue weighted by Crippen LogP contribution is -2.20. The molecule has 160 valence electrons. The molecule has 2 aromatic heterocycles. The van der Waals surface area contributed by atoms with Gasteiger partial charge in [0.2, 0.25) is 5.95 Å². The van der Waals surface area contributed by atoms with Crippen LogP contribution >= 0.6 is 0 Å². The second kappa shape index (κ2) is 8.17. The van der Waals surface area contributed by atoms with Crippen LogP contribution in [0.25, 0.3) is 11.1 Å². The Bertz CT molecular complexity index is 1090. The second-order valence-corrected chi connectivity index (χ2v) is 8.88. The van der Waals surface area contributed by atoms with Gasteiger partial charge in [0, 0.05) is 55.0 Å². The summed E-state index contributed by atoms with van der Waals surface area (Å²) in [5.41, 5.74) is 5.75. The zero-order valence-electron chi connectivity index (χ0n) is 18.3. The van der Waals surface area contributed by atoms with Crippen molar-refractivity contribution in [1.82, 2.24) is 14.5 Å². The second-order valence-electron chi connectivity index (χ2n) is 8.88. The Kier molecular flexibility index (Phi) is 5.22. The van der Waals surface area contributed by atoms with Crippen molar-refractivity contribution in [1.29, 1.82) is 0 Å². The first kappa shape index (κ1) is 19.8. The fourth-order valence-electron chi connectivity index (χ4n) is 4.21. The number of anilines is 2. The average Bonchev–Trinajstić information content (AvgIpc) is 3.25. The fraction of sp³-hybridized carbons (Fsp3) is 0.400. The van der Waals surface area contributed by atoms with Crippen LogP contribution in [0.2, 0.25) is 0 Å². The smallest absolute Gasteiger partial charge is 0.272 e. The summed E-state index contributed by atoms with van der Waals surface area (Å²) >= 11 is 0. The lowest BCUT2D eigenvalue weighted by Gasteiger charge is -2.14. The molecule has 1 aliphatic heterocycles. The van der Waals surface area contributed by atoms with Crippen LogP contribution in [0.4, 0.5) is 11.6 Å². The van der Waals surface area contributed by atoms with Crippen LogP contribution in [0, 0.1) is 19.8 Å². The van der Waals surface area contributed by atoms with Gasteiger partial charge in [-0.05, 0) is 68.7 Å². The molecule has 1 aromatic carbocycles. The lowest BCUT2D eigenvalue weighted by molar-refractivity contribution is 0.101. The Balaban J connectivity index is 1.42. The first-order valence-electron chi connectivity index (χ1n) is 11.2. The van der Waals surface area contributed by atoms with E-state index in [1.807, 2.05) is 37.5 Å². The highest BCUT2D eigenvalue weighted by molar-refractivity contribution is 6.04. The number of nitrogens with one attached hydrogen (secondary N) is 1. The van der Waals surface area contributed by atoms with Gasteiger partial charge in [-0.3, -0.25) is 4.79 Å². The van der Waals surface area contributed by atoms with Gasteiger partial charge in [-0.15, -0.1) is 0 Å². The molecule has 3 heterocycles. The van der Waals surface area contributed by atoms with E-state index in [9.17, 15) is 4.79 Å². The Morgan fingerprint density at radius 2 is 1.84 bits per heavy atom. The summed E-state index contributed by atoms with van der Waals surface area (Å²) in [5, 5.41) is 3.11. The van der Waals surface area contributed by atoms with Crippen molar-refractivity contribution in [3.05, 3.63) is 59.7 Å². The molecular formula is C25H29N5O. The third-order valence-corrected chi connectivity index (χ3v) is 6.49. The average molecular weight is 416 g/mol. The van der Waals surface area contributed by atoms with Crippen molar-refractivity contribution in [2.24, 2.45) is 5.92 Å². The number of carbonyl (C=O) groups is 1. The number of benzene rings is 1. The van der Waals surface area contributed by atoms with E-state index in [2.05, 4.69) is 43.9 Å². The number of hydrogen-bond acceptors (Lipinski definition) is 4. The number of nitrogens with zero attached hydrogens (tertiary/aromatic N) is 4. The van der Waals surface area contributed by atoms with E-state index in [4.69, 9.17) is 0 Å². The van der Waals surface area contributed by atoms with Crippen molar-refractivity contribution in [2.75, 3.05) is 23.3 Å². The summed E-state index contributed by atoms with van der Waals surface area (Å²) in [5.74, 6) is 1.39. The quantitative estimate of drug-likeness (QED) is 0.627. The normalized spacial score (nSPS) is 16.0. The minimum atomic E-state index is -0.0739.